The van der Waals surface area contributed by atoms with E-state index in [0.29, 0.717) is 13.2 Å². The molecule has 0 radical (unpaired) electrons. The molecule has 3 nitrogen and oxygen atoms in total. The third kappa shape index (κ3) is 5.69. The van der Waals surface area contributed by atoms with Crippen LogP contribution in [0.3, 0.4) is 0 Å². The van der Waals surface area contributed by atoms with Gasteiger partial charge in [-0.1, -0.05) is 86.6 Å². The van der Waals surface area contributed by atoms with Gasteiger partial charge in [-0.2, -0.15) is 0 Å². The fourth-order valence-electron chi connectivity index (χ4n) is 3.53. The second-order valence-electron chi connectivity index (χ2n) is 7.15. The Bertz CT molecular complexity index is 862. The summed E-state index contributed by atoms with van der Waals surface area (Å²) in [4.78, 5) is 0. The van der Waals surface area contributed by atoms with Crippen molar-refractivity contribution in [2.75, 3.05) is 0 Å². The Labute approximate surface area is 173 Å². The Morgan fingerprint density at radius 3 is 1.69 bits per heavy atom. The molecule has 0 aliphatic carbocycles. The summed E-state index contributed by atoms with van der Waals surface area (Å²) < 4.78 is 12.4. The van der Waals surface area contributed by atoms with Crippen molar-refractivity contribution in [3.05, 3.63) is 101 Å². The summed E-state index contributed by atoms with van der Waals surface area (Å²) in [5, 5.41) is 10.5. The monoisotopic (exact) mass is 390 g/mol. The van der Waals surface area contributed by atoms with Crippen LogP contribution in [-0.2, 0) is 22.7 Å². The van der Waals surface area contributed by atoms with E-state index in [0.717, 1.165) is 29.5 Å². The fourth-order valence-corrected chi connectivity index (χ4v) is 3.53. The van der Waals surface area contributed by atoms with Gasteiger partial charge in [0, 0.05) is 5.56 Å². The summed E-state index contributed by atoms with van der Waals surface area (Å²) in [5.74, 6) is 0.252. The Morgan fingerprint density at radius 2 is 1.17 bits per heavy atom. The summed E-state index contributed by atoms with van der Waals surface area (Å²) in [6.07, 6.45) is 1.79. The summed E-state index contributed by atoms with van der Waals surface area (Å²) in [6, 6.07) is 26.0. The molecule has 0 aliphatic rings. The molecule has 0 amide bonds. The van der Waals surface area contributed by atoms with Crippen LogP contribution >= 0.6 is 0 Å². The highest BCUT2D eigenvalue weighted by Gasteiger charge is 2.15. The molecular weight excluding hydrogens is 360 g/mol. The molecule has 3 aromatic carbocycles. The SMILES string of the molecule is CCC(OCc1cccc(O)c1COC(CC)c1ccccc1)c1ccccc1. The van der Waals surface area contributed by atoms with Crippen LogP contribution in [0.4, 0.5) is 0 Å². The van der Waals surface area contributed by atoms with Gasteiger partial charge in [-0.3, -0.25) is 0 Å². The number of phenols is 1. The van der Waals surface area contributed by atoms with E-state index in [9.17, 15) is 5.11 Å². The second-order valence-corrected chi connectivity index (χ2v) is 7.15. The first kappa shape index (κ1) is 21.1. The van der Waals surface area contributed by atoms with Crippen LogP contribution in [-0.4, -0.2) is 5.11 Å². The highest BCUT2D eigenvalue weighted by molar-refractivity contribution is 5.38. The lowest BCUT2D eigenvalue weighted by molar-refractivity contribution is 0.0255. The molecule has 0 aromatic heterocycles. The molecule has 0 bridgehead atoms. The second kappa shape index (κ2) is 10.8. The van der Waals surface area contributed by atoms with Gasteiger partial charge in [-0.05, 0) is 35.6 Å². The molecule has 2 unspecified atom stereocenters. The van der Waals surface area contributed by atoms with Crippen molar-refractivity contribution in [1.82, 2.24) is 0 Å². The molecule has 3 rings (SSSR count). The zero-order valence-corrected chi connectivity index (χ0v) is 17.3. The fraction of sp³-hybridized carbons (Fsp3) is 0.308. The van der Waals surface area contributed by atoms with Crippen LogP contribution in [0.25, 0.3) is 0 Å². The predicted octanol–water partition coefficient (Wildman–Crippen LogP) is 6.73. The van der Waals surface area contributed by atoms with E-state index in [4.69, 9.17) is 9.47 Å². The Hall–Kier alpha value is -2.62. The Kier molecular flexibility index (Phi) is 7.85. The first-order valence-corrected chi connectivity index (χ1v) is 10.4. The van der Waals surface area contributed by atoms with E-state index in [2.05, 4.69) is 38.1 Å². The van der Waals surface area contributed by atoms with Crippen LogP contribution in [0.2, 0.25) is 0 Å². The van der Waals surface area contributed by atoms with Gasteiger partial charge in [0.1, 0.15) is 5.75 Å². The molecule has 2 atom stereocenters. The van der Waals surface area contributed by atoms with Gasteiger partial charge in [-0.15, -0.1) is 0 Å². The van der Waals surface area contributed by atoms with Crippen molar-refractivity contribution in [2.45, 2.75) is 52.1 Å². The van der Waals surface area contributed by atoms with Gasteiger partial charge in [0.25, 0.3) is 0 Å². The van der Waals surface area contributed by atoms with Crippen molar-refractivity contribution in [2.24, 2.45) is 0 Å². The van der Waals surface area contributed by atoms with Gasteiger partial charge in [0.2, 0.25) is 0 Å². The maximum absolute atomic E-state index is 10.5. The molecule has 0 saturated carbocycles. The van der Waals surface area contributed by atoms with Crippen LogP contribution < -0.4 is 0 Å². The number of ether oxygens (including phenoxy) is 2. The number of hydrogen-bond acceptors (Lipinski definition) is 3. The van der Waals surface area contributed by atoms with E-state index in [1.54, 1.807) is 6.07 Å². The summed E-state index contributed by atoms with van der Waals surface area (Å²) >= 11 is 0. The summed E-state index contributed by atoms with van der Waals surface area (Å²) in [6.45, 7) is 5.01. The summed E-state index contributed by atoms with van der Waals surface area (Å²) in [7, 11) is 0. The Balaban J connectivity index is 1.70. The van der Waals surface area contributed by atoms with Gasteiger partial charge >= 0.3 is 0 Å². The third-order valence-corrected chi connectivity index (χ3v) is 5.20. The quantitative estimate of drug-likeness (QED) is 0.417. The van der Waals surface area contributed by atoms with E-state index >= 15 is 0 Å². The highest BCUT2D eigenvalue weighted by Crippen LogP contribution is 2.29. The van der Waals surface area contributed by atoms with Crippen LogP contribution in [0.15, 0.2) is 78.9 Å². The maximum Gasteiger partial charge on any atom is 0.121 e. The first-order valence-electron chi connectivity index (χ1n) is 10.4. The largest absolute Gasteiger partial charge is 0.508 e. The van der Waals surface area contributed by atoms with Crippen molar-refractivity contribution < 1.29 is 14.6 Å². The number of benzene rings is 3. The maximum atomic E-state index is 10.5. The van der Waals surface area contributed by atoms with E-state index in [1.165, 1.54) is 5.56 Å². The average molecular weight is 391 g/mol. The number of phenolic OH excluding ortho intramolecular Hbond substituents is 1. The zero-order valence-electron chi connectivity index (χ0n) is 17.3. The number of hydrogen-bond donors (Lipinski definition) is 1. The van der Waals surface area contributed by atoms with E-state index in [1.807, 2.05) is 48.5 Å². The van der Waals surface area contributed by atoms with Crippen molar-refractivity contribution in [1.29, 1.82) is 0 Å². The lowest BCUT2D eigenvalue weighted by Gasteiger charge is -2.20. The minimum atomic E-state index is -0.00252. The molecule has 3 aromatic rings. The molecule has 1 N–H and O–H groups in total. The lowest BCUT2D eigenvalue weighted by atomic mass is 10.1. The minimum Gasteiger partial charge on any atom is -0.508 e. The molecule has 0 saturated heterocycles. The average Bonchev–Trinajstić information content (AvgIpc) is 2.77. The molecule has 0 spiro atoms. The number of aromatic hydroxyl groups is 1. The molecule has 29 heavy (non-hydrogen) atoms. The molecular formula is C26H30O3. The smallest absolute Gasteiger partial charge is 0.121 e. The summed E-state index contributed by atoms with van der Waals surface area (Å²) in [5.41, 5.74) is 4.08. The number of rotatable bonds is 10. The lowest BCUT2D eigenvalue weighted by Crippen LogP contribution is -2.08. The predicted molar refractivity (Wildman–Crippen MR) is 117 cm³/mol. The van der Waals surface area contributed by atoms with Crippen molar-refractivity contribution >= 4 is 0 Å². The van der Waals surface area contributed by atoms with Gasteiger partial charge < -0.3 is 14.6 Å². The van der Waals surface area contributed by atoms with Crippen LogP contribution in [0.5, 0.6) is 5.75 Å². The standard InChI is InChI=1S/C26H30O3/c1-3-25(20-12-7-5-8-13-20)28-18-22-16-11-17-24(27)23(22)19-29-26(4-2)21-14-9-6-10-15-21/h5-17,25-27H,3-4,18-19H2,1-2H3. The van der Waals surface area contributed by atoms with Gasteiger partial charge in [-0.25, -0.2) is 0 Å². The molecule has 3 heteroatoms. The van der Waals surface area contributed by atoms with Crippen LogP contribution in [0, 0.1) is 0 Å². The normalized spacial score (nSPS) is 13.2. The van der Waals surface area contributed by atoms with Crippen molar-refractivity contribution in [3.8, 4) is 5.75 Å². The minimum absolute atomic E-state index is 0.00252. The van der Waals surface area contributed by atoms with E-state index < -0.39 is 0 Å². The molecule has 0 fully saturated rings. The molecule has 0 aliphatic heterocycles. The topological polar surface area (TPSA) is 38.7 Å². The Morgan fingerprint density at radius 1 is 0.655 bits per heavy atom. The highest BCUT2D eigenvalue weighted by atomic mass is 16.5. The van der Waals surface area contributed by atoms with E-state index in [-0.39, 0.29) is 18.0 Å². The van der Waals surface area contributed by atoms with Gasteiger partial charge in [0.05, 0.1) is 25.4 Å². The van der Waals surface area contributed by atoms with Gasteiger partial charge in [0.15, 0.2) is 0 Å². The first-order chi connectivity index (χ1) is 14.2. The third-order valence-electron chi connectivity index (χ3n) is 5.20. The molecule has 0 heterocycles. The van der Waals surface area contributed by atoms with Crippen molar-refractivity contribution in [3.63, 3.8) is 0 Å². The molecule has 152 valence electrons. The zero-order chi connectivity index (χ0) is 20.5. The van der Waals surface area contributed by atoms with Crippen LogP contribution in [0.1, 0.15) is 61.2 Å².